The normalized spacial score (nSPS) is 27.2. The van der Waals surface area contributed by atoms with Crippen LogP contribution in [0.15, 0.2) is 42.5 Å². The van der Waals surface area contributed by atoms with Crippen LogP contribution >= 0.6 is 23.5 Å². The third kappa shape index (κ3) is 4.65. The second-order valence-corrected chi connectivity index (χ2v) is 10.8. The molecule has 2 fully saturated rings. The summed E-state index contributed by atoms with van der Waals surface area (Å²) >= 11 is 8.38. The lowest BCUT2D eigenvalue weighted by Crippen LogP contribution is -2.34. The van der Waals surface area contributed by atoms with Gasteiger partial charge in [-0.2, -0.15) is 5.26 Å². The van der Waals surface area contributed by atoms with Crippen molar-refractivity contribution in [2.24, 2.45) is 0 Å². The molecule has 3 N–H and O–H groups in total. The molecule has 3 heterocycles. The van der Waals surface area contributed by atoms with Crippen molar-refractivity contribution in [1.82, 2.24) is 9.71 Å². The number of aromatic nitrogens is 1. The number of nitriles is 1. The summed E-state index contributed by atoms with van der Waals surface area (Å²) < 4.78 is 20.9. The van der Waals surface area contributed by atoms with Crippen LogP contribution in [0.3, 0.4) is 0 Å². The summed E-state index contributed by atoms with van der Waals surface area (Å²) in [5.74, 6) is 0.360. The van der Waals surface area contributed by atoms with E-state index in [9.17, 15) is 10.4 Å². The SMILES string of the molecule is CSNC1CC=C(c2ccc(-c3cc4c(C#N)c(O[C@@H]5COC6[C@H](O)CO[C@@H]65)[nH]c4cc3Cl)cc2)CC1. The molecule has 0 bridgehead atoms. The van der Waals surface area contributed by atoms with Gasteiger partial charge in [-0.05, 0) is 54.4 Å². The van der Waals surface area contributed by atoms with Gasteiger partial charge in [0.15, 0.2) is 6.10 Å². The quantitative estimate of drug-likeness (QED) is 0.377. The van der Waals surface area contributed by atoms with Gasteiger partial charge in [0.1, 0.15) is 29.9 Å². The first-order valence-corrected chi connectivity index (χ1v) is 14.1. The van der Waals surface area contributed by atoms with Gasteiger partial charge >= 0.3 is 0 Å². The number of halogens is 1. The summed E-state index contributed by atoms with van der Waals surface area (Å²) in [4.78, 5) is 3.20. The van der Waals surface area contributed by atoms with Crippen LogP contribution < -0.4 is 9.46 Å². The maximum absolute atomic E-state index is 10.0. The Hall–Kier alpha value is -2.51. The van der Waals surface area contributed by atoms with Crippen molar-refractivity contribution in [2.75, 3.05) is 19.5 Å². The number of rotatable bonds is 6. The van der Waals surface area contributed by atoms with Gasteiger partial charge in [0, 0.05) is 17.0 Å². The van der Waals surface area contributed by atoms with Crippen molar-refractivity contribution in [3.63, 3.8) is 0 Å². The Morgan fingerprint density at radius 1 is 1.16 bits per heavy atom. The molecule has 2 aliphatic heterocycles. The minimum Gasteiger partial charge on any atom is -0.469 e. The smallest absolute Gasteiger partial charge is 0.210 e. The van der Waals surface area contributed by atoms with E-state index in [2.05, 4.69) is 52.4 Å². The van der Waals surface area contributed by atoms with Gasteiger partial charge in [-0.15, -0.1) is 0 Å². The standard InChI is InChI=1S/C28H28ClN3O4S/c1-37-32-18-8-6-16(7-9-18)15-2-4-17(5-3-15)19-10-20-21(12-30)28(31-23(20)11-22(19)29)36-25-14-35-26-24(33)13-34-27(25)26/h2-6,10-11,18,24-27,31-33H,7-9,13-14H2,1H3/t18?,24-,25-,26?,27-/m1/s1. The first-order valence-electron chi connectivity index (χ1n) is 12.5. The Bertz CT molecular complexity index is 1380. The largest absolute Gasteiger partial charge is 0.469 e. The number of H-pyrrole nitrogens is 1. The average molecular weight is 538 g/mol. The molecule has 0 radical (unpaired) electrons. The molecule has 192 valence electrons. The second kappa shape index (κ2) is 10.3. The van der Waals surface area contributed by atoms with Crippen LogP contribution in [-0.2, 0) is 9.47 Å². The maximum atomic E-state index is 10.0. The zero-order valence-electron chi connectivity index (χ0n) is 20.4. The molecule has 5 atom stereocenters. The molecule has 0 spiro atoms. The molecule has 2 saturated heterocycles. The lowest BCUT2D eigenvalue weighted by Gasteiger charge is -2.22. The zero-order chi connectivity index (χ0) is 25.5. The number of aromatic amines is 1. The lowest BCUT2D eigenvalue weighted by atomic mass is 9.90. The summed E-state index contributed by atoms with van der Waals surface area (Å²) in [5, 5.41) is 21.3. The molecule has 37 heavy (non-hydrogen) atoms. The van der Waals surface area contributed by atoms with Gasteiger partial charge in [0.05, 0.1) is 23.8 Å². The van der Waals surface area contributed by atoms with E-state index in [0.717, 1.165) is 41.3 Å². The third-order valence-electron chi connectivity index (χ3n) is 7.48. The van der Waals surface area contributed by atoms with Crippen LogP contribution in [0.4, 0.5) is 0 Å². The van der Waals surface area contributed by atoms with E-state index >= 15 is 0 Å². The highest BCUT2D eigenvalue weighted by Gasteiger charge is 2.48. The molecule has 1 aromatic heterocycles. The van der Waals surface area contributed by atoms with E-state index in [1.807, 2.05) is 12.1 Å². The molecule has 6 rings (SSSR count). The van der Waals surface area contributed by atoms with Crippen molar-refractivity contribution in [3.8, 4) is 23.1 Å². The third-order valence-corrected chi connectivity index (χ3v) is 8.36. The van der Waals surface area contributed by atoms with Gasteiger partial charge < -0.3 is 24.3 Å². The fraction of sp³-hybridized carbons (Fsp3) is 0.393. The summed E-state index contributed by atoms with van der Waals surface area (Å²) in [6.45, 7) is 0.508. The van der Waals surface area contributed by atoms with Crippen LogP contribution in [0.25, 0.3) is 27.6 Å². The van der Waals surface area contributed by atoms with Crippen LogP contribution in [-0.4, -0.2) is 60.0 Å². The van der Waals surface area contributed by atoms with Crippen molar-refractivity contribution < 1.29 is 19.3 Å². The van der Waals surface area contributed by atoms with Crippen LogP contribution in [0.5, 0.6) is 5.88 Å². The van der Waals surface area contributed by atoms with Gasteiger partial charge in [-0.25, -0.2) is 0 Å². The molecule has 3 aliphatic rings. The summed E-state index contributed by atoms with van der Waals surface area (Å²) in [5.41, 5.74) is 5.59. The number of allylic oxidation sites excluding steroid dienone is 1. The molecular weight excluding hydrogens is 510 g/mol. The van der Waals surface area contributed by atoms with Crippen molar-refractivity contribution in [2.45, 2.75) is 49.7 Å². The topological polar surface area (TPSA) is 99.5 Å². The molecule has 3 aromatic rings. The summed E-state index contributed by atoms with van der Waals surface area (Å²) in [6.07, 6.45) is 5.79. The zero-order valence-corrected chi connectivity index (χ0v) is 21.9. The lowest BCUT2D eigenvalue weighted by molar-refractivity contribution is 0.00789. The van der Waals surface area contributed by atoms with E-state index in [4.69, 9.17) is 25.8 Å². The first-order chi connectivity index (χ1) is 18.1. The Morgan fingerprint density at radius 2 is 1.95 bits per heavy atom. The Kier molecular flexibility index (Phi) is 6.93. The predicted molar refractivity (Wildman–Crippen MR) is 146 cm³/mol. The molecule has 9 heteroatoms. The first kappa shape index (κ1) is 24.8. The number of benzene rings is 2. The molecule has 2 unspecified atom stereocenters. The number of aliphatic hydroxyl groups excluding tert-OH is 1. The highest BCUT2D eigenvalue weighted by Crippen LogP contribution is 2.38. The second-order valence-electron chi connectivity index (χ2n) is 9.74. The number of fused-ring (bicyclic) bond motifs is 2. The van der Waals surface area contributed by atoms with E-state index < -0.39 is 18.3 Å². The number of ether oxygens (including phenoxy) is 3. The molecule has 1 aliphatic carbocycles. The number of aliphatic hydroxyl groups is 1. The monoisotopic (exact) mass is 537 g/mol. The highest BCUT2D eigenvalue weighted by atomic mass is 35.5. The number of nitrogens with one attached hydrogen (secondary N) is 2. The van der Waals surface area contributed by atoms with E-state index in [1.54, 1.807) is 11.9 Å². The molecule has 0 amide bonds. The van der Waals surface area contributed by atoms with Gasteiger partial charge in [0.25, 0.3) is 0 Å². The number of nitrogens with zero attached hydrogens (tertiary/aromatic N) is 1. The van der Waals surface area contributed by atoms with Crippen molar-refractivity contribution in [1.29, 1.82) is 5.26 Å². The maximum Gasteiger partial charge on any atom is 0.210 e. The minimum absolute atomic E-state index is 0.220. The van der Waals surface area contributed by atoms with Gasteiger partial charge in [0.2, 0.25) is 5.88 Å². The molecule has 2 aromatic carbocycles. The van der Waals surface area contributed by atoms with Crippen LogP contribution in [0, 0.1) is 11.3 Å². The molecule has 0 saturated carbocycles. The fourth-order valence-corrected chi connectivity index (χ4v) is 6.36. The van der Waals surface area contributed by atoms with Crippen molar-refractivity contribution >= 4 is 40.0 Å². The Balaban J connectivity index is 1.26. The van der Waals surface area contributed by atoms with Crippen LogP contribution in [0.2, 0.25) is 5.02 Å². The van der Waals surface area contributed by atoms with E-state index in [0.29, 0.717) is 22.5 Å². The molecule has 7 nitrogen and oxygen atoms in total. The van der Waals surface area contributed by atoms with Crippen LogP contribution in [0.1, 0.15) is 30.4 Å². The molecular formula is C28H28ClN3O4S. The Morgan fingerprint density at radius 3 is 2.68 bits per heavy atom. The fourth-order valence-electron chi connectivity index (χ4n) is 5.54. The summed E-state index contributed by atoms with van der Waals surface area (Å²) in [6, 6.07) is 15.1. The van der Waals surface area contributed by atoms with E-state index in [1.165, 1.54) is 11.1 Å². The predicted octanol–water partition coefficient (Wildman–Crippen LogP) is 5.07. The average Bonchev–Trinajstić information content (AvgIpc) is 3.59. The number of hydrogen-bond acceptors (Lipinski definition) is 7. The van der Waals surface area contributed by atoms with Gasteiger partial charge in [-0.1, -0.05) is 53.9 Å². The minimum atomic E-state index is -0.659. The highest BCUT2D eigenvalue weighted by molar-refractivity contribution is 7.96. The summed E-state index contributed by atoms with van der Waals surface area (Å²) in [7, 11) is 0. The van der Waals surface area contributed by atoms with Gasteiger partial charge in [-0.3, -0.25) is 4.72 Å². The Labute approximate surface area is 224 Å². The van der Waals surface area contributed by atoms with E-state index in [-0.39, 0.29) is 19.3 Å². The number of hydrogen-bond donors (Lipinski definition) is 3. The van der Waals surface area contributed by atoms with Crippen molar-refractivity contribution in [3.05, 3.63) is 58.6 Å².